The second-order valence-electron chi connectivity index (χ2n) is 0. The van der Waals surface area contributed by atoms with Gasteiger partial charge in [0.15, 0.2) is 0 Å². The maximum absolute atomic E-state index is 8.34. The van der Waals surface area contributed by atoms with Crippen LogP contribution in [0.25, 0.3) is 0 Å². The Morgan fingerprint density at radius 2 is 1.25 bits per heavy atom. The molecule has 0 aliphatic heterocycles. The molecule has 23 valence electrons. The van der Waals surface area contributed by atoms with Crippen molar-refractivity contribution in [1.82, 2.24) is 0 Å². The molecule has 0 amide bonds. The van der Waals surface area contributed by atoms with Gasteiger partial charge in [0.05, 0.1) is 0 Å². The van der Waals surface area contributed by atoms with Crippen molar-refractivity contribution in [3.05, 3.63) is 0 Å². The monoisotopic (exact) mass is 357 g/mol. The molecule has 0 aromatic carbocycles. The van der Waals surface area contributed by atoms with Gasteiger partial charge in [-0.25, -0.2) is 0 Å². The molecule has 0 heterocycles. The fourth-order valence-corrected chi connectivity index (χ4v) is 0. The molecule has 0 atom stereocenters. The first-order chi connectivity index (χ1) is 1.00. The molecule has 0 aromatic heterocycles. The average Bonchev–Trinajstić information content (AvgIpc) is 1.00. The fourth-order valence-electron chi connectivity index (χ4n) is 0. The SMILES string of the molecule is [In].[O]=[Sn].[Pd]. The Kier molecular flexibility index (Phi) is 79.4. The predicted molar refractivity (Wildman–Crippen MR) is 12.2 cm³/mol. The zero-order chi connectivity index (χ0) is 2.00. The maximum atomic E-state index is 8.34. The van der Waals surface area contributed by atoms with Gasteiger partial charge in [0.25, 0.3) is 0 Å². The van der Waals surface area contributed by atoms with Crippen LogP contribution < -0.4 is 0 Å². The van der Waals surface area contributed by atoms with Gasteiger partial charge in [-0.05, 0) is 0 Å². The van der Waals surface area contributed by atoms with Crippen LogP contribution in [0, 0.1) is 0 Å². The zero-order valence-electron chi connectivity index (χ0n) is 1.80. The molecule has 1 nitrogen and oxygen atoms in total. The van der Waals surface area contributed by atoms with E-state index in [-0.39, 0.29) is 46.3 Å². The first kappa shape index (κ1) is 16.5. The van der Waals surface area contributed by atoms with Crippen LogP contribution in [-0.4, -0.2) is 48.4 Å². The average molecular weight is 356 g/mol. The molecule has 4 heavy (non-hydrogen) atoms. The molecule has 4 heteroatoms. The van der Waals surface area contributed by atoms with Crippen LogP contribution in [-0.2, 0) is 23.5 Å². The van der Waals surface area contributed by atoms with E-state index in [9.17, 15) is 0 Å². The summed E-state index contributed by atoms with van der Waals surface area (Å²) in [6.07, 6.45) is 0. The van der Waals surface area contributed by atoms with Crippen molar-refractivity contribution in [3.63, 3.8) is 0 Å². The van der Waals surface area contributed by atoms with Gasteiger partial charge in [-0.3, -0.25) is 0 Å². The molecule has 0 bridgehead atoms. The second-order valence-corrected chi connectivity index (χ2v) is 0. The number of hydrogen-bond acceptors (Lipinski definition) is 1. The Labute approximate surface area is 70.8 Å². The van der Waals surface area contributed by atoms with Gasteiger partial charge in [-0.2, -0.15) is 0 Å². The van der Waals surface area contributed by atoms with Gasteiger partial charge in [-0.1, -0.05) is 0 Å². The van der Waals surface area contributed by atoms with Crippen LogP contribution in [0.3, 0.4) is 0 Å². The summed E-state index contributed by atoms with van der Waals surface area (Å²) in [7, 11) is 0. The van der Waals surface area contributed by atoms with Crippen LogP contribution in [0.2, 0.25) is 0 Å². The van der Waals surface area contributed by atoms with Gasteiger partial charge in [-0.15, -0.1) is 0 Å². The van der Waals surface area contributed by atoms with E-state index in [1.807, 2.05) is 0 Å². The molecule has 5 radical (unpaired) electrons. The number of rotatable bonds is 0. The van der Waals surface area contributed by atoms with Crippen molar-refractivity contribution in [2.24, 2.45) is 0 Å². The van der Waals surface area contributed by atoms with Gasteiger partial charge >= 0.3 is 25.6 Å². The smallest absolute Gasteiger partial charge is 0 e. The first-order valence-electron chi connectivity index (χ1n) is 0.204. The first-order valence-corrected chi connectivity index (χ1v) is 1.37. The summed E-state index contributed by atoms with van der Waals surface area (Å²) >= 11 is 0.300. The van der Waals surface area contributed by atoms with E-state index in [0.29, 0.717) is 22.5 Å². The molecule has 0 rings (SSSR count). The second kappa shape index (κ2) is 19.3. The molecular formula is InOPdSn. The Balaban J connectivity index is -0.00000000500. The van der Waals surface area contributed by atoms with E-state index in [1.165, 1.54) is 0 Å². The summed E-state index contributed by atoms with van der Waals surface area (Å²) < 4.78 is 8.34. The van der Waals surface area contributed by atoms with E-state index < -0.39 is 0 Å². The minimum absolute atomic E-state index is 0. The van der Waals surface area contributed by atoms with Crippen molar-refractivity contribution in [2.75, 3.05) is 0 Å². The normalized spacial score (nSPS) is 1.00. The molecule has 0 spiro atoms. The van der Waals surface area contributed by atoms with Crippen LogP contribution in [0.15, 0.2) is 0 Å². The quantitative estimate of drug-likeness (QED) is 0.516. The Morgan fingerprint density at radius 3 is 1.25 bits per heavy atom. The maximum Gasteiger partial charge on any atom is 0 e. The van der Waals surface area contributed by atoms with E-state index >= 15 is 0 Å². The minimum Gasteiger partial charge on any atom is 0 e. The van der Waals surface area contributed by atoms with Crippen LogP contribution in [0.5, 0.6) is 0 Å². The van der Waals surface area contributed by atoms with Crippen LogP contribution in [0.1, 0.15) is 0 Å². The summed E-state index contributed by atoms with van der Waals surface area (Å²) in [6.45, 7) is 0. The summed E-state index contributed by atoms with van der Waals surface area (Å²) in [5.74, 6) is 0. The van der Waals surface area contributed by atoms with Crippen molar-refractivity contribution in [2.45, 2.75) is 0 Å². The molecule has 0 aliphatic carbocycles. The predicted octanol–water partition coefficient (Wildman–Crippen LogP) is -0.883. The third-order valence-corrected chi connectivity index (χ3v) is 0. The van der Waals surface area contributed by atoms with E-state index in [4.69, 9.17) is 3.08 Å². The van der Waals surface area contributed by atoms with Crippen molar-refractivity contribution >= 4 is 48.4 Å². The van der Waals surface area contributed by atoms with Crippen LogP contribution >= 0.6 is 0 Å². The molecule has 0 aliphatic rings. The fraction of sp³-hybridized carbons (Fsp3) is 0. The molecule has 0 fully saturated rings. The molecule has 0 aromatic rings. The minimum atomic E-state index is 0. The van der Waals surface area contributed by atoms with E-state index in [0.717, 1.165) is 0 Å². The van der Waals surface area contributed by atoms with E-state index in [2.05, 4.69) is 0 Å². The Hall–Kier alpha value is 2.13. The molecule has 0 unspecified atom stereocenters. The van der Waals surface area contributed by atoms with Crippen molar-refractivity contribution in [1.29, 1.82) is 0 Å². The summed E-state index contributed by atoms with van der Waals surface area (Å²) in [5.41, 5.74) is 0. The van der Waals surface area contributed by atoms with Gasteiger partial charge < -0.3 is 0 Å². The van der Waals surface area contributed by atoms with E-state index in [1.54, 1.807) is 0 Å². The summed E-state index contributed by atoms with van der Waals surface area (Å²) in [5, 5.41) is 0. The standard InChI is InChI=1S/In.O.Pd.Sn. The third kappa shape index (κ3) is 8.92. The number of hydrogen-bond donors (Lipinski definition) is 0. The molecule has 0 saturated heterocycles. The molecule has 0 N–H and O–H groups in total. The van der Waals surface area contributed by atoms with Crippen molar-refractivity contribution < 1.29 is 23.5 Å². The topological polar surface area (TPSA) is 17.1 Å². The Morgan fingerprint density at radius 1 is 1.25 bits per heavy atom. The van der Waals surface area contributed by atoms with Crippen LogP contribution in [0.4, 0.5) is 0 Å². The van der Waals surface area contributed by atoms with Gasteiger partial charge in [0, 0.05) is 46.3 Å². The van der Waals surface area contributed by atoms with Gasteiger partial charge in [0.1, 0.15) is 0 Å². The summed E-state index contributed by atoms with van der Waals surface area (Å²) in [4.78, 5) is 0. The molecule has 0 saturated carbocycles. The van der Waals surface area contributed by atoms with Crippen molar-refractivity contribution in [3.8, 4) is 0 Å². The summed E-state index contributed by atoms with van der Waals surface area (Å²) in [6, 6.07) is 0. The zero-order valence-corrected chi connectivity index (χ0v) is 9.51. The Bertz CT molecular complexity index is 8.00. The third-order valence-electron chi connectivity index (χ3n) is 0. The van der Waals surface area contributed by atoms with Gasteiger partial charge in [0.2, 0.25) is 0 Å². The largest absolute Gasteiger partial charge is 0 e. The molecular weight excluding hydrogens is 356 g/mol.